The first-order valence-electron chi connectivity index (χ1n) is 15.4. The maximum atomic E-state index is 12.7. The molecule has 0 spiro atoms. The first-order chi connectivity index (χ1) is 25.3. The zero-order valence-electron chi connectivity index (χ0n) is 28.3. The Morgan fingerprint density at radius 3 is 2.11 bits per heavy atom. The monoisotopic (exact) mass is 858 g/mol. The molecule has 3 aromatic carbocycles. The molecule has 0 aliphatic heterocycles. The van der Waals surface area contributed by atoms with E-state index in [1.807, 2.05) is 55.5 Å². The van der Waals surface area contributed by atoms with Gasteiger partial charge in [0.15, 0.2) is 16.5 Å². The largest absolute Gasteiger partial charge is 0.476 e. The van der Waals surface area contributed by atoms with Gasteiger partial charge in [0.25, 0.3) is 0 Å². The molecule has 1 unspecified atom stereocenters. The van der Waals surface area contributed by atoms with Crippen molar-refractivity contribution in [3.05, 3.63) is 104 Å². The molecule has 5 rings (SSSR count). The van der Waals surface area contributed by atoms with Crippen LogP contribution in [0.2, 0.25) is 10.0 Å². The molecule has 55 heavy (non-hydrogen) atoms. The fraction of sp³-hybridized carbons (Fsp3) is 0.286. The summed E-state index contributed by atoms with van der Waals surface area (Å²) in [4.78, 5) is 11.4. The van der Waals surface area contributed by atoms with Gasteiger partial charge in [0, 0.05) is 0 Å². The third-order valence-corrected chi connectivity index (χ3v) is 10.7. The summed E-state index contributed by atoms with van der Waals surface area (Å²) in [6, 6.07) is 17.8. The molecule has 4 aromatic rings. The number of hydrogen-bond donors (Lipinski definition) is 1. The lowest BCUT2D eigenvalue weighted by Gasteiger charge is -2.13. The van der Waals surface area contributed by atoms with Gasteiger partial charge in [-0.05, 0) is 52.6 Å². The van der Waals surface area contributed by atoms with Crippen LogP contribution in [-0.2, 0) is 33.1 Å². The molecule has 2 N–H and O–H groups in total. The molecule has 0 amide bonds. The predicted octanol–water partition coefficient (Wildman–Crippen LogP) is 10.9. The first-order valence-corrected chi connectivity index (χ1v) is 17.7. The van der Waals surface area contributed by atoms with Gasteiger partial charge in [0.05, 0.1) is 21.5 Å². The van der Waals surface area contributed by atoms with Crippen molar-refractivity contribution < 1.29 is 53.3 Å². The molecule has 0 saturated heterocycles. The van der Waals surface area contributed by atoms with Crippen LogP contribution in [0.5, 0.6) is 0 Å². The number of nitrogen functional groups attached to an aromatic ring is 1. The summed E-state index contributed by atoms with van der Waals surface area (Å²) in [5.74, 6) is -2.65. The van der Waals surface area contributed by atoms with Crippen molar-refractivity contribution in [1.82, 2.24) is 9.78 Å². The smallest absolute Gasteiger partial charge is 0.461 e. The first kappa shape index (κ1) is 43.5. The van der Waals surface area contributed by atoms with Crippen molar-refractivity contribution in [3.8, 4) is 22.9 Å². The molecule has 1 heterocycles. The van der Waals surface area contributed by atoms with E-state index in [9.17, 15) is 48.5 Å². The zero-order valence-corrected chi connectivity index (χ0v) is 31.4. The Hall–Kier alpha value is -4.24. The second-order valence-electron chi connectivity index (χ2n) is 12.5. The number of allylic oxidation sites excluding steroid dienone is 2. The summed E-state index contributed by atoms with van der Waals surface area (Å²) >= 11 is 16.8. The van der Waals surface area contributed by atoms with Gasteiger partial charge in [0.1, 0.15) is 34.1 Å². The average molecular weight is 860 g/mol. The van der Waals surface area contributed by atoms with Crippen LogP contribution in [0.15, 0.2) is 76.7 Å². The van der Waals surface area contributed by atoms with Crippen molar-refractivity contribution in [2.75, 3.05) is 5.73 Å². The summed E-state index contributed by atoms with van der Waals surface area (Å²) < 4.78 is 132. The molecule has 294 valence electrons. The van der Waals surface area contributed by atoms with Crippen LogP contribution in [0, 0.1) is 35.5 Å². The van der Waals surface area contributed by atoms with Gasteiger partial charge in [-0.15, -0.1) is 0 Å². The number of carbonyl (C=O) groups excluding carboxylic acids is 1. The van der Waals surface area contributed by atoms with E-state index >= 15 is 0 Å². The van der Waals surface area contributed by atoms with Crippen LogP contribution in [0.1, 0.15) is 36.2 Å². The number of hydrogen-bond acceptors (Lipinski definition) is 6. The fourth-order valence-corrected chi connectivity index (χ4v) is 7.14. The lowest BCUT2D eigenvalue weighted by molar-refractivity contribution is -0.147. The second-order valence-corrected chi connectivity index (χ2v) is 15.1. The lowest BCUT2D eigenvalue weighted by Crippen LogP contribution is -2.18. The van der Waals surface area contributed by atoms with Crippen LogP contribution >= 0.6 is 34.8 Å². The average Bonchev–Trinajstić information content (AvgIpc) is 3.47. The molecule has 7 nitrogen and oxygen atoms in total. The minimum atomic E-state index is -5.25. The van der Waals surface area contributed by atoms with E-state index in [-0.39, 0.29) is 6.61 Å². The SMILES string of the molecule is Cc1c(COC(=O)[C@H]2[C@@H](/C=C(\Cl)C(F)(F)F)C2(C)C)cccc1-c1ccccc1.N#Cc1nn(-c2c(Cl)cc(C(F)(F)F)cc2Cl)c(N)c1S(=O)C(F)(F)F. The van der Waals surface area contributed by atoms with E-state index in [4.69, 9.17) is 50.5 Å². The molecule has 1 saturated carbocycles. The summed E-state index contributed by atoms with van der Waals surface area (Å²) in [5, 5.41) is 9.86. The molecule has 3 atom stereocenters. The van der Waals surface area contributed by atoms with Gasteiger partial charge in [0.2, 0.25) is 0 Å². The third kappa shape index (κ3) is 9.60. The molecule has 0 radical (unpaired) electrons. The number of nitrogens with two attached hydrogens (primary N) is 1. The van der Waals surface area contributed by atoms with Crippen LogP contribution in [0.3, 0.4) is 0 Å². The Morgan fingerprint density at radius 2 is 1.60 bits per heavy atom. The Labute approximate surface area is 324 Å². The van der Waals surface area contributed by atoms with Gasteiger partial charge in [-0.3, -0.25) is 4.79 Å². The van der Waals surface area contributed by atoms with Crippen LogP contribution in [-0.4, -0.2) is 31.6 Å². The van der Waals surface area contributed by atoms with E-state index in [1.54, 1.807) is 13.8 Å². The maximum absolute atomic E-state index is 12.7. The fourth-order valence-electron chi connectivity index (χ4n) is 5.59. The molecule has 20 heteroatoms. The summed E-state index contributed by atoms with van der Waals surface area (Å²) in [5.41, 5.74) is 0.924. The second kappa shape index (κ2) is 16.1. The molecule has 0 bridgehead atoms. The lowest BCUT2D eigenvalue weighted by atomic mass is 9.97. The standard InChI is InChI=1S/C23H22ClF3O2.C12H4Cl2F6N4OS/c1-14-16(10-7-11-17(14)15-8-5-4-6-9-15)13-29-21(28)20-18(22(20,2)3)12-19(24)23(25,26)27;13-5-1-4(11(15,16)17)2-6(14)8(5)24-10(22)9(7(3-21)23-24)26(25)12(18,19)20/h4-12,18,20H,13H2,1-3H3;1-2H,22H2/b19-12-;/t18-,20-;/m1./s1. The number of benzene rings is 3. The van der Waals surface area contributed by atoms with Crippen LogP contribution in [0.25, 0.3) is 16.8 Å². The number of rotatable bonds is 7. The summed E-state index contributed by atoms with van der Waals surface area (Å²) in [7, 11) is -3.71. The Balaban J connectivity index is 0.000000246. The van der Waals surface area contributed by atoms with Crippen LogP contribution in [0.4, 0.5) is 45.3 Å². The van der Waals surface area contributed by atoms with Gasteiger partial charge in [-0.1, -0.05) is 103 Å². The highest BCUT2D eigenvalue weighted by Crippen LogP contribution is 2.60. The van der Waals surface area contributed by atoms with Gasteiger partial charge in [-0.25, -0.2) is 8.89 Å². The number of nitrogens with zero attached hydrogens (tertiary/aromatic N) is 3. The minimum absolute atomic E-state index is 0.0708. The molecule has 1 aromatic heterocycles. The van der Waals surface area contributed by atoms with Crippen molar-refractivity contribution >= 4 is 57.4 Å². The van der Waals surface area contributed by atoms with Crippen molar-refractivity contribution in [2.24, 2.45) is 17.3 Å². The highest BCUT2D eigenvalue weighted by atomic mass is 35.5. The molecular formula is C35H26Cl3F9N4O3S. The topological polar surface area (TPSA) is 111 Å². The number of esters is 1. The van der Waals surface area contributed by atoms with E-state index in [0.717, 1.165) is 28.3 Å². The zero-order chi connectivity index (χ0) is 41.4. The quantitative estimate of drug-likeness (QED) is 0.146. The Morgan fingerprint density at radius 1 is 1.02 bits per heavy atom. The van der Waals surface area contributed by atoms with Crippen molar-refractivity contribution in [1.29, 1.82) is 5.26 Å². The van der Waals surface area contributed by atoms with E-state index in [1.165, 1.54) is 6.07 Å². The number of anilines is 1. The number of halogens is 12. The molecular weight excluding hydrogens is 834 g/mol. The Bertz CT molecular complexity index is 2170. The molecule has 1 aliphatic carbocycles. The normalized spacial score (nSPS) is 17.5. The van der Waals surface area contributed by atoms with Crippen molar-refractivity contribution in [3.63, 3.8) is 0 Å². The number of carbonyl (C=O) groups is 1. The van der Waals surface area contributed by atoms with E-state index < -0.39 is 94.6 Å². The van der Waals surface area contributed by atoms with Gasteiger partial charge >= 0.3 is 23.8 Å². The predicted molar refractivity (Wildman–Crippen MR) is 187 cm³/mol. The summed E-state index contributed by atoms with van der Waals surface area (Å²) in [6.45, 7) is 5.51. The Kier molecular flexibility index (Phi) is 12.7. The molecule has 1 fully saturated rings. The van der Waals surface area contributed by atoms with E-state index in [0.29, 0.717) is 16.8 Å². The van der Waals surface area contributed by atoms with Crippen LogP contribution < -0.4 is 5.73 Å². The van der Waals surface area contributed by atoms with Gasteiger partial charge < -0.3 is 10.5 Å². The highest BCUT2D eigenvalue weighted by Gasteiger charge is 2.62. The van der Waals surface area contributed by atoms with Gasteiger partial charge in [-0.2, -0.15) is 49.9 Å². The maximum Gasteiger partial charge on any atom is 0.476 e. The number of aromatic nitrogens is 2. The number of nitriles is 1. The van der Waals surface area contributed by atoms with E-state index in [2.05, 4.69) is 5.10 Å². The van der Waals surface area contributed by atoms with Crippen molar-refractivity contribution in [2.45, 2.75) is 50.1 Å². The third-order valence-electron chi connectivity index (χ3n) is 8.60. The number of ether oxygens (including phenoxy) is 1. The highest BCUT2D eigenvalue weighted by molar-refractivity contribution is 7.86. The number of alkyl halides is 9. The summed E-state index contributed by atoms with van der Waals surface area (Å²) in [6.07, 6.45) is -8.47. The minimum Gasteiger partial charge on any atom is -0.461 e. The molecule has 1 aliphatic rings.